The van der Waals surface area contributed by atoms with E-state index in [2.05, 4.69) is 39.8 Å². The van der Waals surface area contributed by atoms with Crippen LogP contribution in [-0.4, -0.2) is 37.3 Å². The van der Waals surface area contributed by atoms with Gasteiger partial charge in [0.25, 0.3) is 0 Å². The van der Waals surface area contributed by atoms with E-state index in [9.17, 15) is 4.79 Å². The first-order chi connectivity index (χ1) is 14.1. The average Bonchev–Trinajstić information content (AvgIpc) is 2.73. The Labute approximate surface area is 178 Å². The predicted octanol–water partition coefficient (Wildman–Crippen LogP) is 4.30. The second-order valence-corrected chi connectivity index (χ2v) is 7.61. The molecule has 0 atom stereocenters. The Balaban J connectivity index is 1.44. The number of esters is 1. The molecule has 2 aromatic rings. The van der Waals surface area contributed by atoms with Gasteiger partial charge in [0.1, 0.15) is 0 Å². The highest BCUT2D eigenvalue weighted by molar-refractivity contribution is 7.80. The first-order valence-electron chi connectivity index (χ1n) is 10.2. The molecule has 0 radical (unpaired) electrons. The average molecular weight is 412 g/mol. The van der Waals surface area contributed by atoms with Crippen LogP contribution in [0.15, 0.2) is 42.5 Å². The minimum Gasteiger partial charge on any atom is -0.462 e. The fourth-order valence-corrected chi connectivity index (χ4v) is 3.84. The van der Waals surface area contributed by atoms with Crippen LogP contribution in [-0.2, 0) is 11.2 Å². The smallest absolute Gasteiger partial charge is 0.338 e. The molecule has 0 saturated heterocycles. The number of rotatable bonds is 7. The van der Waals surface area contributed by atoms with Crippen molar-refractivity contribution in [3.63, 3.8) is 0 Å². The standard InChI is InChI=1S/C23H29N3O2S/c1-3-28-22(27)19-11-12-20(17(2)16-19)25-23(29)24-13-7-15-26-14-6-9-18-8-4-5-10-21(18)26/h4-5,8,10-12,16H,3,6-7,9,13-15H2,1-2H3,(H2,24,25,29). The fourth-order valence-electron chi connectivity index (χ4n) is 3.63. The van der Waals surface area contributed by atoms with Gasteiger partial charge >= 0.3 is 5.97 Å². The molecule has 1 aliphatic rings. The van der Waals surface area contributed by atoms with Crippen LogP contribution < -0.4 is 15.5 Å². The summed E-state index contributed by atoms with van der Waals surface area (Å²) >= 11 is 5.43. The molecule has 1 aliphatic heterocycles. The summed E-state index contributed by atoms with van der Waals surface area (Å²) in [5.74, 6) is -0.304. The number of ether oxygens (including phenoxy) is 1. The molecular formula is C23H29N3O2S. The van der Waals surface area contributed by atoms with Gasteiger partial charge in [0, 0.05) is 31.0 Å². The summed E-state index contributed by atoms with van der Waals surface area (Å²) in [6.45, 7) is 7.06. The van der Waals surface area contributed by atoms with Gasteiger partial charge in [0.15, 0.2) is 5.11 Å². The van der Waals surface area contributed by atoms with Gasteiger partial charge < -0.3 is 20.3 Å². The third kappa shape index (κ3) is 5.70. The van der Waals surface area contributed by atoms with Crippen molar-refractivity contribution in [2.75, 3.05) is 36.5 Å². The lowest BCUT2D eigenvalue weighted by Gasteiger charge is -2.31. The molecule has 154 valence electrons. The zero-order valence-corrected chi connectivity index (χ0v) is 18.0. The van der Waals surface area contributed by atoms with E-state index in [1.807, 2.05) is 19.1 Å². The number of nitrogens with one attached hydrogen (secondary N) is 2. The maximum atomic E-state index is 11.8. The van der Waals surface area contributed by atoms with E-state index in [0.29, 0.717) is 17.3 Å². The van der Waals surface area contributed by atoms with Crippen molar-refractivity contribution in [2.24, 2.45) is 0 Å². The van der Waals surface area contributed by atoms with Crippen LogP contribution in [0.2, 0.25) is 0 Å². The Morgan fingerprint density at radius 2 is 2.07 bits per heavy atom. The number of nitrogens with zero attached hydrogens (tertiary/aromatic N) is 1. The third-order valence-corrected chi connectivity index (χ3v) is 5.33. The Bertz CT molecular complexity index is 869. The largest absolute Gasteiger partial charge is 0.462 e. The van der Waals surface area contributed by atoms with Crippen molar-refractivity contribution in [1.29, 1.82) is 0 Å². The van der Waals surface area contributed by atoms with Gasteiger partial charge in [0.2, 0.25) is 0 Å². The number of anilines is 2. The van der Waals surface area contributed by atoms with Gasteiger partial charge in [-0.3, -0.25) is 0 Å². The van der Waals surface area contributed by atoms with Crippen LogP contribution in [0.25, 0.3) is 0 Å². The highest BCUT2D eigenvalue weighted by Gasteiger charge is 2.15. The lowest BCUT2D eigenvalue weighted by molar-refractivity contribution is 0.0526. The predicted molar refractivity (Wildman–Crippen MR) is 123 cm³/mol. The minimum atomic E-state index is -0.304. The van der Waals surface area contributed by atoms with Crippen LogP contribution in [0.5, 0.6) is 0 Å². The van der Waals surface area contributed by atoms with Gasteiger partial charge in [-0.1, -0.05) is 18.2 Å². The maximum absolute atomic E-state index is 11.8. The fraction of sp³-hybridized carbons (Fsp3) is 0.391. The summed E-state index contributed by atoms with van der Waals surface area (Å²) in [6.07, 6.45) is 3.40. The van der Waals surface area contributed by atoms with Crippen molar-refractivity contribution in [3.8, 4) is 0 Å². The van der Waals surface area contributed by atoms with Crippen molar-refractivity contribution < 1.29 is 9.53 Å². The summed E-state index contributed by atoms with van der Waals surface area (Å²) in [5, 5.41) is 7.09. The summed E-state index contributed by atoms with van der Waals surface area (Å²) in [4.78, 5) is 14.3. The molecule has 5 nitrogen and oxygen atoms in total. The topological polar surface area (TPSA) is 53.6 Å². The lowest BCUT2D eigenvalue weighted by Crippen LogP contribution is -2.34. The summed E-state index contributed by atoms with van der Waals surface area (Å²) in [5.41, 5.74) is 5.21. The zero-order valence-electron chi connectivity index (χ0n) is 17.2. The molecule has 0 aromatic heterocycles. The third-order valence-electron chi connectivity index (χ3n) is 5.08. The second kappa shape index (κ2) is 10.3. The molecule has 0 saturated carbocycles. The number of aryl methyl sites for hydroxylation is 2. The maximum Gasteiger partial charge on any atom is 0.338 e. The van der Waals surface area contributed by atoms with E-state index in [4.69, 9.17) is 17.0 Å². The van der Waals surface area contributed by atoms with E-state index in [-0.39, 0.29) is 5.97 Å². The molecule has 0 bridgehead atoms. The summed E-state index contributed by atoms with van der Waals surface area (Å²) in [7, 11) is 0. The summed E-state index contributed by atoms with van der Waals surface area (Å²) in [6, 6.07) is 14.1. The van der Waals surface area contributed by atoms with Crippen LogP contribution >= 0.6 is 12.2 Å². The molecular weight excluding hydrogens is 382 g/mol. The summed E-state index contributed by atoms with van der Waals surface area (Å²) < 4.78 is 5.04. The van der Waals surface area contributed by atoms with Gasteiger partial charge in [-0.2, -0.15) is 0 Å². The molecule has 2 N–H and O–H groups in total. The molecule has 0 fully saturated rings. The van der Waals surface area contributed by atoms with E-state index < -0.39 is 0 Å². The van der Waals surface area contributed by atoms with Crippen LogP contribution in [0, 0.1) is 6.92 Å². The van der Waals surface area contributed by atoms with E-state index in [1.54, 1.807) is 13.0 Å². The van der Waals surface area contributed by atoms with Crippen molar-refractivity contribution >= 4 is 34.7 Å². The van der Waals surface area contributed by atoms with Crippen molar-refractivity contribution in [2.45, 2.75) is 33.1 Å². The Morgan fingerprint density at radius 3 is 2.86 bits per heavy atom. The molecule has 2 aromatic carbocycles. The number of hydrogen-bond acceptors (Lipinski definition) is 4. The molecule has 1 heterocycles. The van der Waals surface area contributed by atoms with Gasteiger partial charge in [-0.25, -0.2) is 4.79 Å². The second-order valence-electron chi connectivity index (χ2n) is 7.20. The first-order valence-corrected chi connectivity index (χ1v) is 10.6. The highest BCUT2D eigenvalue weighted by atomic mass is 32.1. The Hall–Kier alpha value is -2.60. The van der Waals surface area contributed by atoms with Crippen LogP contribution in [0.3, 0.4) is 0 Å². The minimum absolute atomic E-state index is 0.304. The van der Waals surface area contributed by atoms with E-state index >= 15 is 0 Å². The molecule has 0 amide bonds. The molecule has 0 unspecified atom stereocenters. The Kier molecular flexibility index (Phi) is 7.47. The molecule has 0 aliphatic carbocycles. The number of hydrogen-bond donors (Lipinski definition) is 2. The number of thiocarbonyl (C=S) groups is 1. The zero-order chi connectivity index (χ0) is 20.6. The Morgan fingerprint density at radius 1 is 1.24 bits per heavy atom. The molecule has 6 heteroatoms. The normalized spacial score (nSPS) is 12.8. The number of fused-ring (bicyclic) bond motifs is 1. The molecule has 0 spiro atoms. The van der Waals surface area contributed by atoms with Crippen molar-refractivity contribution in [3.05, 3.63) is 59.2 Å². The van der Waals surface area contributed by atoms with Gasteiger partial charge in [-0.15, -0.1) is 0 Å². The number of para-hydroxylation sites is 1. The van der Waals surface area contributed by atoms with Crippen LogP contribution in [0.1, 0.15) is 41.3 Å². The number of carbonyl (C=O) groups is 1. The quantitative estimate of drug-likeness (QED) is 0.402. The van der Waals surface area contributed by atoms with Gasteiger partial charge in [-0.05, 0) is 80.7 Å². The van der Waals surface area contributed by atoms with Crippen LogP contribution in [0.4, 0.5) is 11.4 Å². The van der Waals surface area contributed by atoms with E-state index in [1.165, 1.54) is 24.1 Å². The molecule has 3 rings (SSSR count). The number of carbonyl (C=O) groups excluding carboxylic acids is 1. The lowest BCUT2D eigenvalue weighted by atomic mass is 10.0. The van der Waals surface area contributed by atoms with E-state index in [0.717, 1.165) is 37.3 Å². The molecule has 29 heavy (non-hydrogen) atoms. The van der Waals surface area contributed by atoms with Crippen molar-refractivity contribution in [1.82, 2.24) is 5.32 Å². The SMILES string of the molecule is CCOC(=O)c1ccc(NC(=S)NCCCN2CCCc3ccccc32)c(C)c1. The highest BCUT2D eigenvalue weighted by Crippen LogP contribution is 2.26. The number of benzene rings is 2. The first kappa shape index (κ1) is 21.1. The monoisotopic (exact) mass is 411 g/mol. The van der Waals surface area contributed by atoms with Gasteiger partial charge in [0.05, 0.1) is 12.2 Å².